The van der Waals surface area contributed by atoms with Crippen molar-refractivity contribution in [3.8, 4) is 0 Å². The summed E-state index contributed by atoms with van der Waals surface area (Å²) in [6, 6.07) is 4.15. The number of nitrogens with zero attached hydrogens (tertiary/aromatic N) is 1. The molecule has 0 aromatic carbocycles. The summed E-state index contributed by atoms with van der Waals surface area (Å²) in [5.41, 5.74) is 4.19. The van der Waals surface area contributed by atoms with Crippen LogP contribution in [0.1, 0.15) is 18.4 Å². The Labute approximate surface area is 99.9 Å². The molecule has 3 heterocycles. The first-order chi connectivity index (χ1) is 8.36. The zero-order valence-electron chi connectivity index (χ0n) is 9.66. The van der Waals surface area contributed by atoms with Crippen molar-refractivity contribution in [2.45, 2.75) is 12.8 Å². The summed E-state index contributed by atoms with van der Waals surface area (Å²) in [6.07, 6.45) is 9.08. The van der Waals surface area contributed by atoms with Gasteiger partial charge in [-0.05, 0) is 30.5 Å². The summed E-state index contributed by atoms with van der Waals surface area (Å²) in [6.45, 7) is 2.13. The van der Waals surface area contributed by atoms with Crippen molar-refractivity contribution < 1.29 is 0 Å². The first-order valence-corrected chi connectivity index (χ1v) is 6.21. The average Bonchev–Trinajstić information content (AvgIpc) is 2.96. The van der Waals surface area contributed by atoms with Gasteiger partial charge in [0, 0.05) is 41.8 Å². The lowest BCUT2D eigenvalue weighted by molar-refractivity contribution is 0.555. The van der Waals surface area contributed by atoms with Gasteiger partial charge < -0.3 is 10.3 Å². The van der Waals surface area contributed by atoms with Crippen molar-refractivity contribution in [2.24, 2.45) is 5.41 Å². The molecule has 2 aromatic heterocycles. The maximum atomic E-state index is 4.35. The molecule has 0 amide bonds. The number of hydrogen-bond donors (Lipinski definition) is 2. The molecular formula is C14H15N3. The molecule has 1 saturated carbocycles. The first kappa shape index (κ1) is 9.42. The van der Waals surface area contributed by atoms with E-state index in [9.17, 15) is 0 Å². The summed E-state index contributed by atoms with van der Waals surface area (Å²) in [5, 5.41) is 4.77. The van der Waals surface area contributed by atoms with Crippen molar-refractivity contribution in [1.29, 1.82) is 0 Å². The van der Waals surface area contributed by atoms with Crippen LogP contribution in [0.2, 0.25) is 0 Å². The third kappa shape index (κ3) is 1.42. The Morgan fingerprint density at radius 2 is 2.24 bits per heavy atom. The smallest absolute Gasteiger partial charge is 0.137 e. The third-order valence-corrected chi connectivity index (χ3v) is 3.96. The molecule has 2 aliphatic rings. The predicted molar refractivity (Wildman–Crippen MR) is 68.6 cm³/mol. The Hall–Kier alpha value is -1.61. The topological polar surface area (TPSA) is 40.7 Å². The number of nitrogens with one attached hydrogen (secondary N) is 2. The number of fused-ring (bicyclic) bond motifs is 1. The largest absolute Gasteiger partial charge is 0.346 e. The monoisotopic (exact) mass is 225 g/mol. The standard InChI is InChI=1S/C14H15N3/c1-2-11-12(8-17-13(11)16-5-1)10-6-14(3-4-14)9-15-7-10/h1-2,5-6,8,15H,3-4,7,9H2,(H,16,17). The number of aromatic nitrogens is 2. The zero-order valence-corrected chi connectivity index (χ0v) is 9.66. The van der Waals surface area contributed by atoms with Gasteiger partial charge >= 0.3 is 0 Å². The van der Waals surface area contributed by atoms with Gasteiger partial charge in [-0.15, -0.1) is 0 Å². The predicted octanol–water partition coefficient (Wildman–Crippen LogP) is 2.33. The molecule has 0 bridgehead atoms. The molecule has 2 aromatic rings. The molecular weight excluding hydrogens is 210 g/mol. The molecule has 3 heteroatoms. The van der Waals surface area contributed by atoms with Crippen LogP contribution >= 0.6 is 0 Å². The van der Waals surface area contributed by atoms with Gasteiger partial charge in [-0.3, -0.25) is 0 Å². The first-order valence-electron chi connectivity index (χ1n) is 6.21. The molecule has 2 N–H and O–H groups in total. The van der Waals surface area contributed by atoms with Crippen LogP contribution in [0.4, 0.5) is 0 Å². The normalized spacial score (nSPS) is 21.8. The molecule has 1 spiro atoms. The van der Waals surface area contributed by atoms with Crippen LogP contribution in [-0.4, -0.2) is 23.1 Å². The zero-order chi connectivity index (χ0) is 11.3. The van der Waals surface area contributed by atoms with E-state index < -0.39 is 0 Å². The second-order valence-corrected chi connectivity index (χ2v) is 5.24. The molecule has 86 valence electrons. The summed E-state index contributed by atoms with van der Waals surface area (Å²) in [7, 11) is 0. The van der Waals surface area contributed by atoms with E-state index in [-0.39, 0.29) is 0 Å². The second kappa shape index (κ2) is 3.20. The molecule has 1 aliphatic carbocycles. The van der Waals surface area contributed by atoms with E-state index in [0.717, 1.165) is 18.7 Å². The molecule has 1 fully saturated rings. The van der Waals surface area contributed by atoms with Gasteiger partial charge in [0.15, 0.2) is 0 Å². The lowest BCUT2D eigenvalue weighted by Gasteiger charge is -2.21. The van der Waals surface area contributed by atoms with Gasteiger partial charge in [-0.25, -0.2) is 4.98 Å². The van der Waals surface area contributed by atoms with Crippen molar-refractivity contribution in [3.05, 3.63) is 36.2 Å². The van der Waals surface area contributed by atoms with E-state index in [2.05, 4.69) is 33.6 Å². The number of H-pyrrole nitrogens is 1. The van der Waals surface area contributed by atoms with Crippen LogP contribution in [-0.2, 0) is 0 Å². The SMILES string of the molecule is C1=C(c2c[nH]c3ncccc23)CNCC12CC2. The highest BCUT2D eigenvalue weighted by Crippen LogP contribution is 2.49. The number of pyridine rings is 1. The number of aromatic amines is 1. The molecule has 17 heavy (non-hydrogen) atoms. The summed E-state index contributed by atoms with van der Waals surface area (Å²) in [5.74, 6) is 0. The van der Waals surface area contributed by atoms with E-state index in [1.807, 2.05) is 12.3 Å². The maximum Gasteiger partial charge on any atom is 0.137 e. The van der Waals surface area contributed by atoms with E-state index in [1.54, 1.807) is 0 Å². The summed E-state index contributed by atoms with van der Waals surface area (Å²) < 4.78 is 0. The van der Waals surface area contributed by atoms with Crippen LogP contribution in [0.15, 0.2) is 30.6 Å². The third-order valence-electron chi connectivity index (χ3n) is 3.96. The fourth-order valence-corrected chi connectivity index (χ4v) is 2.79. The molecule has 0 atom stereocenters. The second-order valence-electron chi connectivity index (χ2n) is 5.24. The van der Waals surface area contributed by atoms with Crippen molar-refractivity contribution in [2.75, 3.05) is 13.1 Å². The minimum Gasteiger partial charge on any atom is -0.346 e. The lowest BCUT2D eigenvalue weighted by Crippen LogP contribution is -2.29. The van der Waals surface area contributed by atoms with Crippen LogP contribution < -0.4 is 5.32 Å². The Balaban J connectivity index is 1.86. The van der Waals surface area contributed by atoms with Crippen molar-refractivity contribution >= 4 is 16.6 Å². The molecule has 4 rings (SSSR count). The van der Waals surface area contributed by atoms with Gasteiger partial charge in [0.1, 0.15) is 5.65 Å². The highest BCUT2D eigenvalue weighted by molar-refractivity contribution is 5.91. The van der Waals surface area contributed by atoms with E-state index in [4.69, 9.17) is 0 Å². The molecule has 3 nitrogen and oxygen atoms in total. The fraction of sp³-hybridized carbons (Fsp3) is 0.357. The van der Waals surface area contributed by atoms with Crippen LogP contribution in [0, 0.1) is 5.41 Å². The summed E-state index contributed by atoms with van der Waals surface area (Å²) >= 11 is 0. The Morgan fingerprint density at radius 3 is 3.12 bits per heavy atom. The molecule has 1 aliphatic heterocycles. The van der Waals surface area contributed by atoms with Gasteiger partial charge in [0.05, 0.1) is 0 Å². The highest BCUT2D eigenvalue weighted by atomic mass is 14.9. The van der Waals surface area contributed by atoms with E-state index >= 15 is 0 Å². The fourth-order valence-electron chi connectivity index (χ4n) is 2.79. The van der Waals surface area contributed by atoms with E-state index in [0.29, 0.717) is 5.41 Å². The summed E-state index contributed by atoms with van der Waals surface area (Å²) in [4.78, 5) is 7.60. The Kier molecular flexibility index (Phi) is 1.77. The van der Waals surface area contributed by atoms with Crippen molar-refractivity contribution in [1.82, 2.24) is 15.3 Å². The van der Waals surface area contributed by atoms with Crippen LogP contribution in [0.3, 0.4) is 0 Å². The maximum absolute atomic E-state index is 4.35. The average molecular weight is 225 g/mol. The Bertz CT molecular complexity index is 605. The minimum atomic E-state index is 0.472. The van der Waals surface area contributed by atoms with Gasteiger partial charge in [-0.2, -0.15) is 0 Å². The van der Waals surface area contributed by atoms with Crippen LogP contribution in [0.5, 0.6) is 0 Å². The number of rotatable bonds is 1. The minimum absolute atomic E-state index is 0.472. The van der Waals surface area contributed by atoms with Gasteiger partial charge in [-0.1, -0.05) is 6.08 Å². The molecule has 0 saturated heterocycles. The number of hydrogen-bond acceptors (Lipinski definition) is 2. The Morgan fingerprint density at radius 1 is 1.29 bits per heavy atom. The van der Waals surface area contributed by atoms with Crippen molar-refractivity contribution in [3.63, 3.8) is 0 Å². The molecule has 0 unspecified atom stereocenters. The van der Waals surface area contributed by atoms with E-state index in [1.165, 1.54) is 29.4 Å². The highest BCUT2D eigenvalue weighted by Gasteiger charge is 2.42. The van der Waals surface area contributed by atoms with Gasteiger partial charge in [0.25, 0.3) is 0 Å². The molecule has 0 radical (unpaired) electrons. The van der Waals surface area contributed by atoms with Crippen LogP contribution in [0.25, 0.3) is 16.6 Å². The quantitative estimate of drug-likeness (QED) is 0.782. The van der Waals surface area contributed by atoms with Gasteiger partial charge in [0.2, 0.25) is 0 Å². The lowest BCUT2D eigenvalue weighted by atomic mass is 9.94.